The van der Waals surface area contributed by atoms with Crippen molar-refractivity contribution in [3.63, 3.8) is 0 Å². The lowest BCUT2D eigenvalue weighted by molar-refractivity contribution is -0.0492. The lowest BCUT2D eigenvalue weighted by atomic mass is 10.1. The molecular weight excluding hydrogens is 350 g/mol. The quantitative estimate of drug-likeness (QED) is 0.604. The molecule has 3 heterocycles. The molecule has 0 radical (unpaired) electrons. The highest BCUT2D eigenvalue weighted by Crippen LogP contribution is 2.25. The van der Waals surface area contributed by atoms with Gasteiger partial charge in [-0.3, -0.25) is 14.3 Å². The highest BCUT2D eigenvalue weighted by molar-refractivity contribution is 7.98. The van der Waals surface area contributed by atoms with Crippen LogP contribution >= 0.6 is 11.8 Å². The van der Waals surface area contributed by atoms with Crippen molar-refractivity contribution < 1.29 is 23.8 Å². The molecule has 136 valence electrons. The first-order chi connectivity index (χ1) is 12.0. The molecule has 0 aliphatic carbocycles. The van der Waals surface area contributed by atoms with Crippen LogP contribution in [0.4, 0.5) is 4.79 Å². The van der Waals surface area contributed by atoms with Crippen molar-refractivity contribution in [2.45, 2.75) is 19.2 Å². The molecule has 1 aromatic rings. The second kappa shape index (κ2) is 7.36. The zero-order valence-electron chi connectivity index (χ0n) is 13.9. The summed E-state index contributed by atoms with van der Waals surface area (Å²) in [5.41, 5.74) is 2.50. The molecule has 10 heteroatoms. The average molecular weight is 369 g/mol. The first-order valence-electron chi connectivity index (χ1n) is 7.81. The predicted molar refractivity (Wildman–Crippen MR) is 90.7 cm³/mol. The van der Waals surface area contributed by atoms with Crippen LogP contribution < -0.4 is 15.6 Å². The zero-order chi connectivity index (χ0) is 18.0. The summed E-state index contributed by atoms with van der Waals surface area (Å²) in [5, 5.41) is 0. The Morgan fingerprint density at radius 3 is 3.04 bits per heavy atom. The number of rotatable bonds is 4. The van der Waals surface area contributed by atoms with E-state index >= 15 is 0 Å². The molecule has 1 N–H and O–H groups in total. The van der Waals surface area contributed by atoms with Gasteiger partial charge in [0.1, 0.15) is 12.8 Å². The molecule has 0 spiro atoms. The summed E-state index contributed by atoms with van der Waals surface area (Å²) in [5.74, 6) is -0.135. The molecular formula is C15H19N3O6S. The second-order valence-electron chi connectivity index (χ2n) is 5.57. The van der Waals surface area contributed by atoms with Crippen LogP contribution in [0.3, 0.4) is 0 Å². The Morgan fingerprint density at radius 2 is 2.28 bits per heavy atom. The Bertz CT molecular complexity index is 736. The standard InChI is InChI=1S/C15H19N3O6S/c1-9-13-16-18-4-3-10(19)12(24-15(21)23-7-8-25-2)11(18)14(20)17(13)5-6-22-9/h3-4,9,13,16H,5-8H2,1-2H3. The van der Waals surface area contributed by atoms with E-state index in [1.165, 1.54) is 28.7 Å². The van der Waals surface area contributed by atoms with Crippen LogP contribution in [-0.2, 0) is 9.47 Å². The number of hydrogen-bond acceptors (Lipinski definition) is 8. The van der Waals surface area contributed by atoms with E-state index in [0.29, 0.717) is 18.9 Å². The third kappa shape index (κ3) is 3.45. The third-order valence-electron chi connectivity index (χ3n) is 3.98. The molecule has 2 atom stereocenters. The van der Waals surface area contributed by atoms with Crippen molar-refractivity contribution in [3.05, 3.63) is 28.2 Å². The molecule has 0 bridgehead atoms. The van der Waals surface area contributed by atoms with Gasteiger partial charge in [-0.2, -0.15) is 11.8 Å². The Kier molecular flexibility index (Phi) is 5.19. The molecule has 3 rings (SSSR count). The topological polar surface area (TPSA) is 99.1 Å². The van der Waals surface area contributed by atoms with Gasteiger partial charge >= 0.3 is 6.16 Å². The molecule has 1 aromatic heterocycles. The maximum Gasteiger partial charge on any atom is 0.514 e. The number of amides is 1. The largest absolute Gasteiger partial charge is 0.514 e. The van der Waals surface area contributed by atoms with Crippen molar-refractivity contribution in [2.75, 3.05) is 37.2 Å². The van der Waals surface area contributed by atoms with E-state index < -0.39 is 17.5 Å². The Balaban J connectivity index is 1.89. The van der Waals surface area contributed by atoms with Gasteiger partial charge in [0.05, 0.1) is 12.7 Å². The molecule has 1 amide bonds. The van der Waals surface area contributed by atoms with Crippen LogP contribution in [0.5, 0.6) is 5.75 Å². The number of nitrogens with zero attached hydrogens (tertiary/aromatic N) is 2. The van der Waals surface area contributed by atoms with E-state index in [1.807, 2.05) is 13.2 Å². The molecule has 2 aliphatic heterocycles. The molecule has 1 saturated heterocycles. The number of nitrogens with one attached hydrogen (secondary N) is 1. The molecule has 25 heavy (non-hydrogen) atoms. The van der Waals surface area contributed by atoms with Gasteiger partial charge in [-0.05, 0) is 13.2 Å². The zero-order valence-corrected chi connectivity index (χ0v) is 14.7. The SMILES string of the molecule is CSCCOC(=O)Oc1c2n(ccc1=O)NC1C(C)OCCN1C2=O. The van der Waals surface area contributed by atoms with Gasteiger partial charge in [-0.1, -0.05) is 0 Å². The lowest BCUT2D eigenvalue weighted by Gasteiger charge is -2.44. The minimum atomic E-state index is -1.01. The minimum absolute atomic E-state index is 0.0281. The summed E-state index contributed by atoms with van der Waals surface area (Å²) in [4.78, 5) is 38.4. The van der Waals surface area contributed by atoms with Crippen molar-refractivity contribution in [1.29, 1.82) is 0 Å². The number of carbonyl (C=O) groups excluding carboxylic acids is 2. The highest BCUT2D eigenvalue weighted by atomic mass is 32.2. The fourth-order valence-electron chi connectivity index (χ4n) is 2.75. The van der Waals surface area contributed by atoms with Gasteiger partial charge in [0.2, 0.25) is 11.2 Å². The van der Waals surface area contributed by atoms with E-state index in [9.17, 15) is 14.4 Å². The monoisotopic (exact) mass is 369 g/mol. The fraction of sp³-hybridized carbons (Fsp3) is 0.533. The number of hydrogen-bond donors (Lipinski definition) is 1. The van der Waals surface area contributed by atoms with Gasteiger partial charge in [0.15, 0.2) is 5.69 Å². The van der Waals surface area contributed by atoms with Crippen molar-refractivity contribution in [3.8, 4) is 5.75 Å². The van der Waals surface area contributed by atoms with Gasteiger partial charge in [-0.25, -0.2) is 4.79 Å². The first-order valence-corrected chi connectivity index (χ1v) is 9.20. The molecule has 2 aliphatic rings. The summed E-state index contributed by atoms with van der Waals surface area (Å²) >= 11 is 1.51. The van der Waals surface area contributed by atoms with Crippen LogP contribution in [0.1, 0.15) is 17.4 Å². The van der Waals surface area contributed by atoms with Crippen LogP contribution in [0.15, 0.2) is 17.1 Å². The first kappa shape index (κ1) is 17.6. The molecule has 1 fully saturated rings. The smallest absolute Gasteiger partial charge is 0.433 e. The second-order valence-corrected chi connectivity index (χ2v) is 6.56. The van der Waals surface area contributed by atoms with Gasteiger partial charge in [-0.15, -0.1) is 0 Å². The van der Waals surface area contributed by atoms with Crippen LogP contribution in [0.2, 0.25) is 0 Å². The summed E-state index contributed by atoms with van der Waals surface area (Å²) < 4.78 is 16.9. The van der Waals surface area contributed by atoms with Gasteiger partial charge in [0.25, 0.3) is 5.91 Å². The normalized spacial score (nSPS) is 21.8. The van der Waals surface area contributed by atoms with Crippen LogP contribution in [0.25, 0.3) is 0 Å². The highest BCUT2D eigenvalue weighted by Gasteiger charge is 2.40. The average Bonchev–Trinajstić information content (AvgIpc) is 2.59. The number of morpholine rings is 1. The minimum Gasteiger partial charge on any atom is -0.433 e. The number of fused-ring (bicyclic) bond motifs is 2. The number of pyridine rings is 1. The fourth-order valence-corrected chi connectivity index (χ4v) is 3.00. The Morgan fingerprint density at radius 1 is 1.48 bits per heavy atom. The summed E-state index contributed by atoms with van der Waals surface area (Å²) in [6, 6.07) is 1.22. The number of aromatic nitrogens is 1. The van der Waals surface area contributed by atoms with E-state index in [1.54, 1.807) is 4.90 Å². The van der Waals surface area contributed by atoms with E-state index in [-0.39, 0.29) is 30.3 Å². The Labute approximate surface area is 148 Å². The lowest BCUT2D eigenvalue weighted by Crippen LogP contribution is -2.62. The van der Waals surface area contributed by atoms with Crippen LogP contribution in [-0.4, -0.2) is 65.7 Å². The molecule has 9 nitrogen and oxygen atoms in total. The number of thioether (sulfide) groups is 1. The number of carbonyl (C=O) groups is 2. The summed E-state index contributed by atoms with van der Waals surface area (Å²) in [6.45, 7) is 2.79. The summed E-state index contributed by atoms with van der Waals surface area (Å²) in [6.07, 6.45) is 1.72. The van der Waals surface area contributed by atoms with Gasteiger partial charge in [0, 0.05) is 24.6 Å². The third-order valence-corrected chi connectivity index (χ3v) is 4.55. The maximum atomic E-state index is 12.8. The maximum absolute atomic E-state index is 12.8. The molecule has 0 aromatic carbocycles. The molecule has 2 unspecified atom stereocenters. The number of ether oxygens (including phenoxy) is 3. The van der Waals surface area contributed by atoms with E-state index in [4.69, 9.17) is 14.2 Å². The van der Waals surface area contributed by atoms with Crippen molar-refractivity contribution in [1.82, 2.24) is 9.58 Å². The van der Waals surface area contributed by atoms with E-state index in [2.05, 4.69) is 5.43 Å². The molecule has 0 saturated carbocycles. The van der Waals surface area contributed by atoms with Crippen molar-refractivity contribution in [2.24, 2.45) is 0 Å². The Hall–Kier alpha value is -2.20. The van der Waals surface area contributed by atoms with Crippen molar-refractivity contribution >= 4 is 23.8 Å². The summed E-state index contributed by atoms with van der Waals surface area (Å²) in [7, 11) is 0. The van der Waals surface area contributed by atoms with Gasteiger partial charge < -0.3 is 24.5 Å². The van der Waals surface area contributed by atoms with Crippen LogP contribution in [0, 0.1) is 0 Å². The van der Waals surface area contributed by atoms with E-state index in [0.717, 1.165) is 0 Å². The predicted octanol–water partition coefficient (Wildman–Crippen LogP) is 0.471.